The topological polar surface area (TPSA) is 85.2 Å². The Morgan fingerprint density at radius 3 is 2.81 bits per heavy atom. The SMILES string of the molecule is Nc1ccc2nc(Nc3ccc4c(c3)OCCO4)[nH]c2c1. The fourth-order valence-electron chi connectivity index (χ4n) is 2.34. The highest BCUT2D eigenvalue weighted by molar-refractivity contribution is 5.81. The van der Waals surface area contributed by atoms with Crippen molar-refractivity contribution in [2.75, 3.05) is 24.3 Å². The molecule has 106 valence electrons. The van der Waals surface area contributed by atoms with Crippen molar-refractivity contribution < 1.29 is 9.47 Å². The van der Waals surface area contributed by atoms with Crippen LogP contribution in [0.25, 0.3) is 11.0 Å². The van der Waals surface area contributed by atoms with Crippen LogP contribution in [0, 0.1) is 0 Å². The predicted molar refractivity (Wildman–Crippen MR) is 81.2 cm³/mol. The van der Waals surface area contributed by atoms with Crippen LogP contribution < -0.4 is 20.5 Å². The van der Waals surface area contributed by atoms with Gasteiger partial charge in [-0.15, -0.1) is 0 Å². The van der Waals surface area contributed by atoms with Gasteiger partial charge < -0.3 is 25.5 Å². The molecule has 1 aliphatic rings. The summed E-state index contributed by atoms with van der Waals surface area (Å²) in [4.78, 5) is 7.66. The molecule has 4 N–H and O–H groups in total. The second-order valence-corrected chi connectivity index (χ2v) is 4.85. The molecule has 1 aliphatic heterocycles. The molecule has 0 radical (unpaired) electrons. The molecular weight excluding hydrogens is 268 g/mol. The Balaban J connectivity index is 1.64. The average molecular weight is 282 g/mol. The summed E-state index contributed by atoms with van der Waals surface area (Å²) in [6.07, 6.45) is 0. The van der Waals surface area contributed by atoms with Crippen LogP contribution in [0.3, 0.4) is 0 Å². The van der Waals surface area contributed by atoms with Crippen molar-refractivity contribution in [1.29, 1.82) is 0 Å². The van der Waals surface area contributed by atoms with E-state index in [-0.39, 0.29) is 0 Å². The molecule has 0 unspecified atom stereocenters. The number of nitrogens with one attached hydrogen (secondary N) is 2. The Bertz CT molecular complexity index is 813. The van der Waals surface area contributed by atoms with Crippen molar-refractivity contribution in [3.8, 4) is 11.5 Å². The maximum atomic E-state index is 5.76. The van der Waals surface area contributed by atoms with Crippen LogP contribution in [0.15, 0.2) is 36.4 Å². The number of hydrogen-bond acceptors (Lipinski definition) is 5. The number of ether oxygens (including phenoxy) is 2. The van der Waals surface area contributed by atoms with Gasteiger partial charge in [-0.3, -0.25) is 0 Å². The molecule has 0 amide bonds. The molecule has 3 aromatic rings. The minimum Gasteiger partial charge on any atom is -0.486 e. The Kier molecular flexibility index (Phi) is 2.60. The molecule has 0 aliphatic carbocycles. The van der Waals surface area contributed by atoms with Gasteiger partial charge in [0, 0.05) is 17.4 Å². The quantitative estimate of drug-likeness (QED) is 0.629. The van der Waals surface area contributed by atoms with E-state index in [1.54, 1.807) is 0 Å². The number of nitrogens with zero attached hydrogens (tertiary/aromatic N) is 1. The maximum Gasteiger partial charge on any atom is 0.205 e. The van der Waals surface area contributed by atoms with Crippen molar-refractivity contribution in [1.82, 2.24) is 9.97 Å². The number of imidazole rings is 1. The van der Waals surface area contributed by atoms with Gasteiger partial charge in [0.15, 0.2) is 11.5 Å². The number of hydrogen-bond donors (Lipinski definition) is 3. The number of fused-ring (bicyclic) bond motifs is 2. The highest BCUT2D eigenvalue weighted by Gasteiger charge is 2.12. The van der Waals surface area contributed by atoms with Gasteiger partial charge in [0.2, 0.25) is 5.95 Å². The molecule has 0 saturated carbocycles. The van der Waals surface area contributed by atoms with Crippen molar-refractivity contribution in [3.63, 3.8) is 0 Å². The summed E-state index contributed by atoms with van der Waals surface area (Å²) in [5.74, 6) is 2.17. The lowest BCUT2D eigenvalue weighted by atomic mass is 10.2. The third kappa shape index (κ3) is 2.20. The number of nitrogen functional groups attached to an aromatic ring is 1. The lowest BCUT2D eigenvalue weighted by Gasteiger charge is -2.18. The Labute approximate surface area is 120 Å². The lowest BCUT2D eigenvalue weighted by molar-refractivity contribution is 0.171. The van der Waals surface area contributed by atoms with Crippen LogP contribution in [-0.4, -0.2) is 23.2 Å². The van der Waals surface area contributed by atoms with Crippen LogP contribution in [0.5, 0.6) is 11.5 Å². The number of benzene rings is 2. The van der Waals surface area contributed by atoms with Gasteiger partial charge in [-0.2, -0.15) is 0 Å². The van der Waals surface area contributed by atoms with Crippen LogP contribution in [0.1, 0.15) is 0 Å². The summed E-state index contributed by atoms with van der Waals surface area (Å²) in [6, 6.07) is 11.3. The van der Waals surface area contributed by atoms with E-state index in [9.17, 15) is 0 Å². The number of aromatic nitrogens is 2. The van der Waals surface area contributed by atoms with Crippen molar-refractivity contribution in [2.45, 2.75) is 0 Å². The molecule has 6 nitrogen and oxygen atoms in total. The van der Waals surface area contributed by atoms with E-state index in [0.29, 0.717) is 24.8 Å². The highest BCUT2D eigenvalue weighted by Crippen LogP contribution is 2.33. The zero-order chi connectivity index (χ0) is 14.2. The van der Waals surface area contributed by atoms with E-state index in [2.05, 4.69) is 15.3 Å². The van der Waals surface area contributed by atoms with Crippen molar-refractivity contribution in [3.05, 3.63) is 36.4 Å². The van der Waals surface area contributed by atoms with Gasteiger partial charge in [-0.25, -0.2) is 4.98 Å². The van der Waals surface area contributed by atoms with Crippen LogP contribution in [0.4, 0.5) is 17.3 Å². The second kappa shape index (κ2) is 4.59. The molecule has 0 fully saturated rings. The number of H-pyrrole nitrogens is 1. The predicted octanol–water partition coefficient (Wildman–Crippen LogP) is 2.66. The van der Waals surface area contributed by atoms with E-state index in [0.717, 1.165) is 28.2 Å². The van der Waals surface area contributed by atoms with Gasteiger partial charge in [0.25, 0.3) is 0 Å². The first-order valence-electron chi connectivity index (χ1n) is 6.70. The Hall–Kier alpha value is -2.89. The standard InChI is InChI=1S/C15H14N4O2/c16-9-1-3-11-12(7-9)19-15(18-11)17-10-2-4-13-14(8-10)21-6-5-20-13/h1-4,7-8H,5-6,16H2,(H2,17,18,19). The molecule has 2 aromatic carbocycles. The molecule has 2 heterocycles. The third-order valence-electron chi connectivity index (χ3n) is 3.31. The summed E-state index contributed by atoms with van der Waals surface area (Å²) >= 11 is 0. The molecule has 21 heavy (non-hydrogen) atoms. The molecule has 0 bridgehead atoms. The van der Waals surface area contributed by atoms with Crippen molar-refractivity contribution >= 4 is 28.4 Å². The third-order valence-corrected chi connectivity index (χ3v) is 3.31. The van der Waals surface area contributed by atoms with Crippen LogP contribution in [-0.2, 0) is 0 Å². The van der Waals surface area contributed by atoms with Gasteiger partial charge in [0.1, 0.15) is 13.2 Å². The van der Waals surface area contributed by atoms with Gasteiger partial charge in [-0.1, -0.05) is 0 Å². The summed E-state index contributed by atoms with van der Waals surface area (Å²) < 4.78 is 11.1. The van der Waals surface area contributed by atoms with E-state index in [1.165, 1.54) is 0 Å². The molecule has 0 spiro atoms. The minimum absolute atomic E-state index is 0.570. The van der Waals surface area contributed by atoms with Crippen LogP contribution in [0.2, 0.25) is 0 Å². The first kappa shape index (κ1) is 11.9. The summed E-state index contributed by atoms with van der Waals surface area (Å²) in [6.45, 7) is 1.16. The molecule has 6 heteroatoms. The summed E-state index contributed by atoms with van der Waals surface area (Å²) in [5, 5.41) is 3.22. The fraction of sp³-hybridized carbons (Fsp3) is 0.133. The largest absolute Gasteiger partial charge is 0.486 e. The maximum absolute atomic E-state index is 5.76. The van der Waals surface area contributed by atoms with Gasteiger partial charge in [0.05, 0.1) is 11.0 Å². The number of nitrogens with two attached hydrogens (primary N) is 1. The number of aromatic amines is 1. The van der Waals surface area contributed by atoms with Gasteiger partial charge in [-0.05, 0) is 30.3 Å². The zero-order valence-electron chi connectivity index (χ0n) is 11.2. The average Bonchev–Trinajstić information content (AvgIpc) is 2.88. The molecule has 0 atom stereocenters. The number of anilines is 3. The normalized spacial score (nSPS) is 13.3. The van der Waals surface area contributed by atoms with E-state index in [4.69, 9.17) is 15.2 Å². The molecule has 1 aromatic heterocycles. The molecule has 4 rings (SSSR count). The first-order chi connectivity index (χ1) is 10.3. The minimum atomic E-state index is 0.570. The second-order valence-electron chi connectivity index (χ2n) is 4.85. The van der Waals surface area contributed by atoms with Crippen LogP contribution >= 0.6 is 0 Å². The summed E-state index contributed by atoms with van der Waals surface area (Å²) in [7, 11) is 0. The molecular formula is C15H14N4O2. The lowest BCUT2D eigenvalue weighted by Crippen LogP contribution is -2.15. The smallest absolute Gasteiger partial charge is 0.205 e. The first-order valence-corrected chi connectivity index (χ1v) is 6.70. The monoisotopic (exact) mass is 282 g/mol. The highest BCUT2D eigenvalue weighted by atomic mass is 16.6. The zero-order valence-corrected chi connectivity index (χ0v) is 11.2. The Morgan fingerprint density at radius 1 is 1.05 bits per heavy atom. The Morgan fingerprint density at radius 2 is 1.90 bits per heavy atom. The van der Waals surface area contributed by atoms with E-state index in [1.807, 2.05) is 36.4 Å². The summed E-state index contributed by atoms with van der Waals surface area (Å²) in [5.41, 5.74) is 9.11. The number of rotatable bonds is 2. The van der Waals surface area contributed by atoms with Gasteiger partial charge >= 0.3 is 0 Å². The van der Waals surface area contributed by atoms with E-state index < -0.39 is 0 Å². The molecule has 0 saturated heterocycles. The van der Waals surface area contributed by atoms with Crippen molar-refractivity contribution in [2.24, 2.45) is 0 Å². The van der Waals surface area contributed by atoms with E-state index >= 15 is 0 Å². The fourth-order valence-corrected chi connectivity index (χ4v) is 2.34.